The lowest BCUT2D eigenvalue weighted by Crippen LogP contribution is -2.47. The van der Waals surface area contributed by atoms with Gasteiger partial charge in [0.05, 0.1) is 0 Å². The first-order valence-electron chi connectivity index (χ1n) is 6.79. The van der Waals surface area contributed by atoms with Crippen molar-refractivity contribution >= 4 is 5.91 Å². The van der Waals surface area contributed by atoms with Crippen LogP contribution in [0.1, 0.15) is 58.3 Å². The van der Waals surface area contributed by atoms with E-state index in [0.717, 1.165) is 32.1 Å². The number of aliphatic hydroxyl groups is 1. The Morgan fingerprint density at radius 3 is 2.59 bits per heavy atom. The topological polar surface area (TPSA) is 75.3 Å². The summed E-state index contributed by atoms with van der Waals surface area (Å²) in [4.78, 5) is 11.9. The molecule has 0 aromatic heterocycles. The predicted molar refractivity (Wildman–Crippen MR) is 68.5 cm³/mol. The van der Waals surface area contributed by atoms with Gasteiger partial charge in [0.1, 0.15) is 0 Å². The second kappa shape index (κ2) is 6.97. The minimum absolute atomic E-state index is 0.0368. The van der Waals surface area contributed by atoms with Crippen LogP contribution in [0.4, 0.5) is 0 Å². The third-order valence-corrected chi connectivity index (χ3v) is 3.70. The zero-order valence-corrected chi connectivity index (χ0v) is 10.9. The molecule has 0 bridgehead atoms. The SMILES string of the molecule is CCC(CCO)NC(=O)CC1(N)CCCCC1. The summed E-state index contributed by atoms with van der Waals surface area (Å²) in [5.41, 5.74) is 5.95. The molecule has 0 aromatic carbocycles. The zero-order chi connectivity index (χ0) is 12.7. The molecule has 1 aliphatic carbocycles. The Balaban J connectivity index is 2.36. The van der Waals surface area contributed by atoms with Crippen LogP contribution in [-0.2, 0) is 4.79 Å². The average Bonchev–Trinajstić information content (AvgIpc) is 2.28. The molecule has 1 saturated carbocycles. The maximum atomic E-state index is 11.9. The van der Waals surface area contributed by atoms with E-state index < -0.39 is 0 Å². The van der Waals surface area contributed by atoms with E-state index in [1.165, 1.54) is 6.42 Å². The van der Waals surface area contributed by atoms with Gasteiger partial charge in [0, 0.05) is 24.6 Å². The number of hydrogen-bond acceptors (Lipinski definition) is 3. The highest BCUT2D eigenvalue weighted by Crippen LogP contribution is 2.28. The van der Waals surface area contributed by atoms with Gasteiger partial charge in [0.15, 0.2) is 0 Å². The summed E-state index contributed by atoms with van der Waals surface area (Å²) in [5.74, 6) is 0.0368. The molecule has 17 heavy (non-hydrogen) atoms. The molecule has 1 atom stereocenters. The summed E-state index contributed by atoms with van der Waals surface area (Å²) in [7, 11) is 0. The summed E-state index contributed by atoms with van der Waals surface area (Å²) < 4.78 is 0. The molecule has 1 amide bonds. The number of aliphatic hydroxyl groups excluding tert-OH is 1. The second-order valence-corrected chi connectivity index (χ2v) is 5.28. The van der Waals surface area contributed by atoms with Crippen LogP contribution in [0.25, 0.3) is 0 Å². The van der Waals surface area contributed by atoms with Crippen molar-refractivity contribution in [2.75, 3.05) is 6.61 Å². The molecular weight excluding hydrogens is 216 g/mol. The largest absolute Gasteiger partial charge is 0.396 e. The van der Waals surface area contributed by atoms with Crippen LogP contribution in [0, 0.1) is 0 Å². The number of nitrogens with two attached hydrogens (primary N) is 1. The smallest absolute Gasteiger partial charge is 0.222 e. The number of carbonyl (C=O) groups excluding carboxylic acids is 1. The van der Waals surface area contributed by atoms with Crippen molar-refractivity contribution in [3.63, 3.8) is 0 Å². The Kier molecular flexibility index (Phi) is 5.92. The first-order valence-corrected chi connectivity index (χ1v) is 6.79. The Hall–Kier alpha value is -0.610. The fraction of sp³-hybridized carbons (Fsp3) is 0.923. The average molecular weight is 242 g/mol. The van der Waals surface area contributed by atoms with Crippen molar-refractivity contribution in [2.45, 2.75) is 69.9 Å². The van der Waals surface area contributed by atoms with Crippen LogP contribution in [0.3, 0.4) is 0 Å². The summed E-state index contributed by atoms with van der Waals surface area (Å²) in [6, 6.07) is 0.0830. The van der Waals surface area contributed by atoms with Gasteiger partial charge in [0.2, 0.25) is 5.91 Å². The van der Waals surface area contributed by atoms with E-state index in [0.29, 0.717) is 12.8 Å². The lowest BCUT2D eigenvalue weighted by Gasteiger charge is -2.33. The maximum absolute atomic E-state index is 11.9. The first kappa shape index (κ1) is 14.5. The van der Waals surface area contributed by atoms with Gasteiger partial charge >= 0.3 is 0 Å². The van der Waals surface area contributed by atoms with Crippen molar-refractivity contribution in [3.05, 3.63) is 0 Å². The van der Waals surface area contributed by atoms with Gasteiger partial charge in [-0.1, -0.05) is 26.2 Å². The molecule has 1 unspecified atom stereocenters. The highest BCUT2D eigenvalue weighted by atomic mass is 16.3. The van der Waals surface area contributed by atoms with Crippen molar-refractivity contribution in [2.24, 2.45) is 5.73 Å². The second-order valence-electron chi connectivity index (χ2n) is 5.28. The van der Waals surface area contributed by atoms with E-state index in [2.05, 4.69) is 5.32 Å². The van der Waals surface area contributed by atoms with Crippen LogP contribution in [-0.4, -0.2) is 29.2 Å². The van der Waals surface area contributed by atoms with E-state index >= 15 is 0 Å². The first-order chi connectivity index (χ1) is 8.09. The van der Waals surface area contributed by atoms with E-state index in [4.69, 9.17) is 10.8 Å². The van der Waals surface area contributed by atoms with E-state index in [9.17, 15) is 4.79 Å². The fourth-order valence-electron chi connectivity index (χ4n) is 2.57. The van der Waals surface area contributed by atoms with Gasteiger partial charge in [0.25, 0.3) is 0 Å². The molecule has 0 heterocycles. The van der Waals surface area contributed by atoms with Gasteiger partial charge in [-0.2, -0.15) is 0 Å². The number of carbonyl (C=O) groups is 1. The lowest BCUT2D eigenvalue weighted by molar-refractivity contribution is -0.123. The standard InChI is InChI=1S/C13H26N2O2/c1-2-11(6-9-16)15-12(17)10-13(14)7-4-3-5-8-13/h11,16H,2-10,14H2,1H3,(H,15,17). The Bertz CT molecular complexity index is 238. The molecule has 0 radical (unpaired) electrons. The molecule has 4 heteroatoms. The Morgan fingerprint density at radius 2 is 2.06 bits per heavy atom. The molecule has 1 fully saturated rings. The highest BCUT2D eigenvalue weighted by Gasteiger charge is 2.30. The van der Waals surface area contributed by atoms with Crippen molar-refractivity contribution in [3.8, 4) is 0 Å². The minimum Gasteiger partial charge on any atom is -0.396 e. The van der Waals surface area contributed by atoms with Crippen LogP contribution in [0.5, 0.6) is 0 Å². The number of nitrogens with one attached hydrogen (secondary N) is 1. The van der Waals surface area contributed by atoms with Gasteiger partial charge < -0.3 is 16.2 Å². The highest BCUT2D eigenvalue weighted by molar-refractivity contribution is 5.77. The molecule has 0 saturated heterocycles. The van der Waals surface area contributed by atoms with Crippen molar-refractivity contribution in [1.29, 1.82) is 0 Å². The number of amides is 1. The third kappa shape index (κ3) is 5.04. The molecule has 0 spiro atoms. The minimum atomic E-state index is -0.292. The zero-order valence-electron chi connectivity index (χ0n) is 10.9. The van der Waals surface area contributed by atoms with E-state index in [1.807, 2.05) is 6.92 Å². The van der Waals surface area contributed by atoms with E-state index in [1.54, 1.807) is 0 Å². The molecular formula is C13H26N2O2. The van der Waals surface area contributed by atoms with Crippen molar-refractivity contribution in [1.82, 2.24) is 5.32 Å². The number of hydrogen-bond donors (Lipinski definition) is 3. The van der Waals surface area contributed by atoms with Crippen LogP contribution in [0.15, 0.2) is 0 Å². The summed E-state index contributed by atoms with van der Waals surface area (Å²) in [6.07, 6.45) is 7.32. The Labute approximate surface area is 104 Å². The third-order valence-electron chi connectivity index (χ3n) is 3.70. The van der Waals surface area contributed by atoms with Crippen molar-refractivity contribution < 1.29 is 9.90 Å². The summed E-state index contributed by atoms with van der Waals surface area (Å²) in [6.45, 7) is 2.13. The maximum Gasteiger partial charge on any atom is 0.222 e. The van der Waals surface area contributed by atoms with Gasteiger partial charge in [-0.15, -0.1) is 0 Å². The van der Waals surface area contributed by atoms with Crippen LogP contribution < -0.4 is 11.1 Å². The van der Waals surface area contributed by atoms with Crippen LogP contribution in [0.2, 0.25) is 0 Å². The fourth-order valence-corrected chi connectivity index (χ4v) is 2.57. The molecule has 0 aliphatic heterocycles. The normalized spacial score (nSPS) is 20.9. The molecule has 4 N–H and O–H groups in total. The van der Waals surface area contributed by atoms with Gasteiger partial charge in [-0.05, 0) is 25.7 Å². The molecule has 1 aliphatic rings. The Morgan fingerprint density at radius 1 is 1.41 bits per heavy atom. The molecule has 1 rings (SSSR count). The summed E-state index contributed by atoms with van der Waals surface area (Å²) in [5, 5.41) is 11.8. The molecule has 100 valence electrons. The molecule has 4 nitrogen and oxygen atoms in total. The van der Waals surface area contributed by atoms with Gasteiger partial charge in [-0.3, -0.25) is 4.79 Å². The quantitative estimate of drug-likeness (QED) is 0.657. The monoisotopic (exact) mass is 242 g/mol. The summed E-state index contributed by atoms with van der Waals surface area (Å²) >= 11 is 0. The van der Waals surface area contributed by atoms with E-state index in [-0.39, 0.29) is 24.1 Å². The predicted octanol–water partition coefficient (Wildman–Crippen LogP) is 1.32. The lowest BCUT2D eigenvalue weighted by atomic mass is 9.80. The van der Waals surface area contributed by atoms with Crippen LogP contribution >= 0.6 is 0 Å². The molecule has 0 aromatic rings. The number of rotatable bonds is 6. The van der Waals surface area contributed by atoms with Gasteiger partial charge in [-0.25, -0.2) is 0 Å².